The average molecular weight is 288 g/mol. The standard InChI is InChI=1S/C7H6O5.In.3H/c8-4-1-3(7(11)12)2-5(9)6(4)10;;;;/h1-2,8-10H,(H,11,12);;;;. The number of aromatic hydroxyl groups is 3. The van der Waals surface area contributed by atoms with Crippen LogP contribution in [0.4, 0.5) is 0 Å². The molecule has 5 nitrogen and oxygen atoms in total. The normalized spacial score (nSPS) is 8.92. The van der Waals surface area contributed by atoms with Gasteiger partial charge < -0.3 is 20.4 Å². The number of carboxylic acids is 1. The van der Waals surface area contributed by atoms with Crippen molar-refractivity contribution >= 4 is 31.8 Å². The summed E-state index contributed by atoms with van der Waals surface area (Å²) in [6.07, 6.45) is 0. The zero-order chi connectivity index (χ0) is 9.30. The Morgan fingerprint density at radius 2 is 1.46 bits per heavy atom. The second kappa shape index (κ2) is 4.27. The van der Waals surface area contributed by atoms with E-state index < -0.39 is 23.2 Å². The van der Waals surface area contributed by atoms with Crippen LogP contribution in [0.2, 0.25) is 0 Å². The van der Waals surface area contributed by atoms with Crippen molar-refractivity contribution in [3.63, 3.8) is 0 Å². The summed E-state index contributed by atoms with van der Waals surface area (Å²) in [7, 11) is 0. The molecule has 0 aliphatic heterocycles. The van der Waals surface area contributed by atoms with Gasteiger partial charge in [0, 0.05) is 0 Å². The minimum atomic E-state index is -1.29. The molecule has 0 bridgehead atoms. The molecule has 0 radical (unpaired) electrons. The van der Waals surface area contributed by atoms with E-state index in [0.29, 0.717) is 0 Å². The van der Waals surface area contributed by atoms with Crippen LogP contribution in [0.3, 0.4) is 0 Å². The fourth-order valence-corrected chi connectivity index (χ4v) is 0.728. The van der Waals surface area contributed by atoms with E-state index in [4.69, 9.17) is 20.4 Å². The number of carboxylic acid groups (broad SMARTS) is 1. The van der Waals surface area contributed by atoms with E-state index in [1.54, 1.807) is 0 Å². The molecule has 0 saturated carbocycles. The van der Waals surface area contributed by atoms with E-state index in [1.165, 1.54) is 0 Å². The van der Waals surface area contributed by atoms with E-state index in [-0.39, 0.29) is 31.4 Å². The van der Waals surface area contributed by atoms with E-state index in [0.717, 1.165) is 12.1 Å². The molecule has 6 heteroatoms. The fraction of sp³-hybridized carbons (Fsp3) is 0. The number of phenols is 3. The third-order valence-electron chi connectivity index (χ3n) is 1.32. The van der Waals surface area contributed by atoms with Crippen molar-refractivity contribution in [2.24, 2.45) is 0 Å². The molecule has 0 aromatic heterocycles. The zero-order valence-corrected chi connectivity index (χ0v) is 5.85. The van der Waals surface area contributed by atoms with Crippen LogP contribution in [0.1, 0.15) is 10.4 Å². The fourth-order valence-electron chi connectivity index (χ4n) is 0.728. The van der Waals surface area contributed by atoms with Gasteiger partial charge in [0.1, 0.15) is 0 Å². The van der Waals surface area contributed by atoms with Gasteiger partial charge >= 0.3 is 31.8 Å². The summed E-state index contributed by atoms with van der Waals surface area (Å²) >= 11 is 0. The van der Waals surface area contributed by atoms with Crippen molar-refractivity contribution in [1.29, 1.82) is 0 Å². The van der Waals surface area contributed by atoms with Gasteiger partial charge in [-0.2, -0.15) is 0 Å². The van der Waals surface area contributed by atoms with Crippen molar-refractivity contribution in [2.45, 2.75) is 0 Å². The third-order valence-corrected chi connectivity index (χ3v) is 1.32. The predicted octanol–water partition coefficient (Wildman–Crippen LogP) is -0.682. The van der Waals surface area contributed by atoms with Crippen molar-refractivity contribution in [3.8, 4) is 17.2 Å². The first-order valence-electron chi connectivity index (χ1n) is 3.00. The van der Waals surface area contributed by atoms with Crippen LogP contribution < -0.4 is 0 Å². The van der Waals surface area contributed by atoms with Gasteiger partial charge in [-0.25, -0.2) is 4.79 Å². The van der Waals surface area contributed by atoms with Gasteiger partial charge in [-0.1, -0.05) is 0 Å². The molecule has 0 aliphatic rings. The Bertz CT molecular complexity index is 313. The van der Waals surface area contributed by atoms with Crippen LogP contribution in [0, 0.1) is 0 Å². The van der Waals surface area contributed by atoms with Crippen LogP contribution in [-0.4, -0.2) is 52.2 Å². The monoisotopic (exact) mass is 288 g/mol. The number of phenolic OH excluding ortho intramolecular Hbond substituents is 3. The number of rotatable bonds is 1. The molecule has 0 unspecified atom stereocenters. The molecule has 1 aromatic carbocycles. The van der Waals surface area contributed by atoms with Gasteiger partial charge in [0.2, 0.25) is 0 Å². The molecule has 0 aliphatic carbocycles. The molecule has 70 valence electrons. The second-order valence-electron chi connectivity index (χ2n) is 2.17. The van der Waals surface area contributed by atoms with Gasteiger partial charge in [0.15, 0.2) is 17.2 Å². The van der Waals surface area contributed by atoms with Gasteiger partial charge in [0.05, 0.1) is 5.56 Å². The molecule has 1 rings (SSSR count). The first kappa shape index (κ1) is 12.0. The summed E-state index contributed by atoms with van der Waals surface area (Å²) in [4.78, 5) is 10.3. The van der Waals surface area contributed by atoms with Crippen molar-refractivity contribution in [1.82, 2.24) is 0 Å². The van der Waals surface area contributed by atoms with E-state index in [9.17, 15) is 4.79 Å². The Labute approximate surface area is 92.0 Å². The minimum absolute atomic E-state index is 0. The molecular weight excluding hydrogens is 279 g/mol. The molecule has 0 saturated heterocycles. The van der Waals surface area contributed by atoms with Crippen LogP contribution in [-0.2, 0) is 0 Å². The average Bonchev–Trinajstić information content (AvgIpc) is 1.99. The summed E-state index contributed by atoms with van der Waals surface area (Å²) in [5.74, 6) is -3.33. The topological polar surface area (TPSA) is 98.0 Å². The molecule has 1 aromatic rings. The summed E-state index contributed by atoms with van der Waals surface area (Å²) in [5, 5.41) is 35.0. The quantitative estimate of drug-likeness (QED) is 0.513. The predicted molar refractivity (Wildman–Crippen MR) is 48.3 cm³/mol. The maximum absolute atomic E-state index is 10.3. The molecule has 0 fully saturated rings. The van der Waals surface area contributed by atoms with Gasteiger partial charge in [0.25, 0.3) is 0 Å². The molecule has 0 heterocycles. The van der Waals surface area contributed by atoms with Crippen molar-refractivity contribution in [3.05, 3.63) is 17.7 Å². The van der Waals surface area contributed by atoms with Crippen LogP contribution in [0.15, 0.2) is 12.1 Å². The molecular formula is C7H9InO5. The Kier molecular flexibility index (Phi) is 3.93. The summed E-state index contributed by atoms with van der Waals surface area (Å²) in [6.45, 7) is 0. The molecule has 0 amide bonds. The maximum atomic E-state index is 10.3. The van der Waals surface area contributed by atoms with Crippen LogP contribution in [0.5, 0.6) is 17.2 Å². The van der Waals surface area contributed by atoms with Crippen LogP contribution in [0.25, 0.3) is 0 Å². The number of benzene rings is 1. The SMILES string of the molecule is O=C(O)c1cc(O)c(O)c(O)c1.[InH3]. The number of hydrogen-bond donors (Lipinski definition) is 4. The van der Waals surface area contributed by atoms with Gasteiger partial charge in [-0.15, -0.1) is 0 Å². The zero-order valence-electron chi connectivity index (χ0n) is 5.85. The molecule has 0 spiro atoms. The summed E-state index contributed by atoms with van der Waals surface area (Å²) in [5.41, 5.74) is -0.289. The Morgan fingerprint density at radius 1 is 1.08 bits per heavy atom. The van der Waals surface area contributed by atoms with Crippen LogP contribution >= 0.6 is 0 Å². The number of hydrogen-bond acceptors (Lipinski definition) is 4. The van der Waals surface area contributed by atoms with Crippen molar-refractivity contribution < 1.29 is 25.2 Å². The van der Waals surface area contributed by atoms with E-state index in [1.807, 2.05) is 0 Å². The third kappa shape index (κ3) is 2.45. The number of carbonyl (C=O) groups is 1. The van der Waals surface area contributed by atoms with E-state index in [2.05, 4.69) is 0 Å². The Balaban J connectivity index is 0.00000144. The summed E-state index contributed by atoms with van der Waals surface area (Å²) in [6, 6.07) is 1.69. The molecule has 4 N–H and O–H groups in total. The Morgan fingerprint density at radius 3 is 1.77 bits per heavy atom. The summed E-state index contributed by atoms with van der Waals surface area (Å²) < 4.78 is 0. The second-order valence-corrected chi connectivity index (χ2v) is 2.17. The molecule has 0 atom stereocenters. The first-order chi connectivity index (χ1) is 5.52. The van der Waals surface area contributed by atoms with Gasteiger partial charge in [-0.05, 0) is 12.1 Å². The molecule has 13 heavy (non-hydrogen) atoms. The Hall–Kier alpha value is -1.04. The van der Waals surface area contributed by atoms with Crippen molar-refractivity contribution in [2.75, 3.05) is 0 Å². The van der Waals surface area contributed by atoms with Gasteiger partial charge in [-0.3, -0.25) is 0 Å². The number of aromatic carboxylic acids is 1. The van der Waals surface area contributed by atoms with E-state index >= 15 is 0 Å². The first-order valence-corrected chi connectivity index (χ1v) is 3.00.